The van der Waals surface area contributed by atoms with Gasteiger partial charge in [0.1, 0.15) is 57.3 Å². The Bertz CT molecular complexity index is 2330. The van der Waals surface area contributed by atoms with Crippen LogP contribution in [0.25, 0.3) is 0 Å². The van der Waals surface area contributed by atoms with Crippen LogP contribution in [0.3, 0.4) is 0 Å². The highest BCUT2D eigenvalue weighted by molar-refractivity contribution is 5.93. The number of alkyl halides is 12. The molecule has 0 radical (unpaired) electrons. The minimum Gasteiger partial charge on any atom is -0.504 e. The van der Waals surface area contributed by atoms with Crippen LogP contribution >= 0.6 is 0 Å². The van der Waals surface area contributed by atoms with E-state index in [9.17, 15) is 80.6 Å². The van der Waals surface area contributed by atoms with E-state index in [2.05, 4.69) is 37.9 Å². The summed E-state index contributed by atoms with van der Waals surface area (Å²) in [5.74, 6) is -15.0. The predicted octanol–water partition coefficient (Wildman–Crippen LogP) is 10.2. The molecule has 0 saturated heterocycles. The molecule has 4 aromatic rings. The molecule has 1 N–H and O–H groups in total. The number of hydrogen-bond acceptors (Lipinski definition) is 12. The lowest BCUT2D eigenvalue weighted by Gasteiger charge is -2.16. The number of esters is 2. The quantitative estimate of drug-likeness (QED) is 0.120. The summed E-state index contributed by atoms with van der Waals surface area (Å²) in [7, 11) is -4.42. The van der Waals surface area contributed by atoms with Crippen LogP contribution in [0.1, 0.15) is 28.9 Å². The Morgan fingerprint density at radius 3 is 1.30 bits per heavy atom. The fraction of sp³-hybridized carbons (Fsp3) is 0.235. The van der Waals surface area contributed by atoms with Gasteiger partial charge in [-0.25, -0.2) is 22.8 Å². The fourth-order valence-corrected chi connectivity index (χ4v) is 3.91. The first-order chi connectivity index (χ1) is 30.3. The van der Waals surface area contributed by atoms with E-state index < -0.39 is 132 Å². The molecule has 61 heavy (non-hydrogen) atoms. The van der Waals surface area contributed by atoms with Gasteiger partial charge in [0.2, 0.25) is 0 Å². The molecule has 0 heterocycles. The van der Waals surface area contributed by atoms with Gasteiger partial charge >= 0.3 is 37.4 Å². The minimum absolute atomic E-state index is 0.201. The lowest BCUT2D eigenvalue weighted by Crippen LogP contribution is -2.18. The summed E-state index contributed by atoms with van der Waals surface area (Å²) in [6.45, 7) is 0. The lowest BCUT2D eigenvalue weighted by atomic mass is 10.1. The van der Waals surface area contributed by atoms with Crippen molar-refractivity contribution >= 4 is 11.9 Å². The predicted molar refractivity (Wildman–Crippen MR) is 170 cm³/mol. The second-order valence-electron chi connectivity index (χ2n) is 10.3. The Kier molecular flexibility index (Phi) is 13.7. The van der Waals surface area contributed by atoms with Crippen molar-refractivity contribution in [2.45, 2.75) is 25.4 Å². The van der Waals surface area contributed by atoms with Crippen LogP contribution in [0.5, 0.6) is 51.7 Å². The number of carbonyl (C=O) groups is 2. The molecule has 336 valence electrons. The number of hydrogen-bond donors (Lipinski definition) is 1. The van der Waals surface area contributed by atoms with Gasteiger partial charge in [0.05, 0.1) is 36.5 Å². The number of aromatic hydroxyl groups is 1. The summed E-state index contributed by atoms with van der Waals surface area (Å²) in [6.07, 6.45) is -20.4. The highest BCUT2D eigenvalue weighted by atomic mass is 19.4. The molecule has 0 spiro atoms. The highest BCUT2D eigenvalue weighted by Crippen LogP contribution is 2.40. The second-order valence-corrected chi connectivity index (χ2v) is 10.3. The maximum Gasteiger partial charge on any atom is 0.573 e. The van der Waals surface area contributed by atoms with Crippen molar-refractivity contribution < 1.29 is 131 Å². The standard InChI is InChI=1S/C17H11F7O6.C9H5F5O3.C8H7F3O3/c1-26-12-6-8(29-16(19,20)21)3-4-11(12)28-13-7-9(30-17(22,23)24)5-10(18)14(13)15(25)27-2;1-16-8(15)7-5(10)2-4(3-6(7)11)17-9(12,13)14;1-13-7-4-5(2-3-6(7)12)14-8(9,10)11/h3-7H,1-2H3;2-3H,1H3;2-4,12H,1H3/i1D3;;1D3. The molecule has 0 aliphatic carbocycles. The third kappa shape index (κ3) is 16.7. The van der Waals surface area contributed by atoms with Crippen LogP contribution in [0.15, 0.2) is 60.7 Å². The third-order valence-electron chi connectivity index (χ3n) is 6.04. The Labute approximate surface area is 338 Å². The molecule has 0 aliphatic heterocycles. The van der Waals surface area contributed by atoms with Crippen molar-refractivity contribution in [1.82, 2.24) is 0 Å². The van der Waals surface area contributed by atoms with E-state index in [1.165, 1.54) is 0 Å². The Morgan fingerprint density at radius 2 is 0.852 bits per heavy atom. The molecule has 4 aromatic carbocycles. The monoisotopic (exact) mass is 914 g/mol. The summed E-state index contributed by atoms with van der Waals surface area (Å²) in [4.78, 5) is 22.8. The molecule has 0 saturated carbocycles. The van der Waals surface area contributed by atoms with E-state index >= 15 is 0 Å². The van der Waals surface area contributed by atoms with Gasteiger partial charge in [0.15, 0.2) is 23.0 Å². The molecule has 0 unspecified atom stereocenters. The first-order valence-corrected chi connectivity index (χ1v) is 14.8. The zero-order valence-electron chi connectivity index (χ0n) is 35.4. The molecular formula is C34H23F15O12. The first-order valence-electron chi connectivity index (χ1n) is 17.8. The molecule has 0 fully saturated rings. The van der Waals surface area contributed by atoms with Gasteiger partial charge in [-0.05, 0) is 24.3 Å². The molecule has 0 aromatic heterocycles. The molecule has 12 nitrogen and oxygen atoms in total. The van der Waals surface area contributed by atoms with Crippen LogP contribution in [0.2, 0.25) is 0 Å². The van der Waals surface area contributed by atoms with Crippen LogP contribution in [0.4, 0.5) is 65.9 Å². The maximum absolute atomic E-state index is 14.4. The number of methoxy groups -OCH3 is 4. The number of ether oxygens (including phenoxy) is 9. The SMILES string of the molecule is COC(=O)c1c(F)cc(OC(F)(F)F)cc1F.[2H]C([2H])([2H])Oc1cc(OC(F)(F)F)ccc1O.[2H]C([2H])([2H])Oc1cc(OC(F)(F)F)ccc1Oc1cc(OC(F)(F)F)cc(F)c1C(=O)OC. The van der Waals surface area contributed by atoms with E-state index in [0.717, 1.165) is 26.4 Å². The summed E-state index contributed by atoms with van der Waals surface area (Å²) < 4.78 is 265. The fourth-order valence-electron chi connectivity index (χ4n) is 3.91. The Morgan fingerprint density at radius 1 is 0.492 bits per heavy atom. The van der Waals surface area contributed by atoms with Gasteiger partial charge in [-0.15, -0.1) is 52.7 Å². The Hall–Kier alpha value is -6.83. The van der Waals surface area contributed by atoms with E-state index in [0.29, 0.717) is 30.3 Å². The molecule has 27 heteroatoms. The zero-order chi connectivity index (χ0) is 51.7. The van der Waals surface area contributed by atoms with Crippen LogP contribution in [0, 0.1) is 17.5 Å². The van der Waals surface area contributed by atoms with Gasteiger partial charge in [0.25, 0.3) is 0 Å². The summed E-state index contributed by atoms with van der Waals surface area (Å²) in [5.41, 5.74) is -2.11. The van der Waals surface area contributed by atoms with E-state index in [1.54, 1.807) is 0 Å². The highest BCUT2D eigenvalue weighted by Gasteiger charge is 2.35. The lowest BCUT2D eigenvalue weighted by molar-refractivity contribution is -0.275. The van der Waals surface area contributed by atoms with Crippen molar-refractivity contribution in [3.8, 4) is 51.7 Å². The average Bonchev–Trinajstić information content (AvgIpc) is 3.10. The van der Waals surface area contributed by atoms with Crippen molar-refractivity contribution in [2.24, 2.45) is 0 Å². The molecular weight excluding hydrogens is 885 g/mol. The van der Waals surface area contributed by atoms with Crippen molar-refractivity contribution in [3.05, 3.63) is 89.2 Å². The average molecular weight is 915 g/mol. The molecule has 0 amide bonds. The molecule has 4 rings (SSSR count). The van der Waals surface area contributed by atoms with Crippen molar-refractivity contribution in [2.75, 3.05) is 28.3 Å². The van der Waals surface area contributed by atoms with Gasteiger partial charge in [-0.3, -0.25) is 0 Å². The van der Waals surface area contributed by atoms with Gasteiger partial charge in [-0.1, -0.05) is 0 Å². The largest absolute Gasteiger partial charge is 0.573 e. The molecule has 0 atom stereocenters. The number of rotatable bonds is 10. The van der Waals surface area contributed by atoms with Crippen molar-refractivity contribution in [3.63, 3.8) is 0 Å². The maximum atomic E-state index is 14.4. The van der Waals surface area contributed by atoms with E-state index in [4.69, 9.17) is 13.0 Å². The minimum atomic E-state index is -5.26. The van der Waals surface area contributed by atoms with Gasteiger partial charge in [0, 0.05) is 36.4 Å². The normalized spacial score (nSPS) is 13.3. The van der Waals surface area contributed by atoms with Crippen molar-refractivity contribution in [1.29, 1.82) is 0 Å². The molecule has 0 aliphatic rings. The second kappa shape index (κ2) is 20.4. The first kappa shape index (κ1) is 40.9. The van der Waals surface area contributed by atoms with E-state index in [-0.39, 0.29) is 18.2 Å². The summed E-state index contributed by atoms with van der Waals surface area (Å²) in [6, 6.07) is 5.16. The summed E-state index contributed by atoms with van der Waals surface area (Å²) >= 11 is 0. The Balaban J connectivity index is 0.000000381. The number of phenolic OH excluding ortho intramolecular Hbond substituents is 1. The topological polar surface area (TPSA) is 137 Å². The smallest absolute Gasteiger partial charge is 0.504 e. The number of benzene rings is 4. The van der Waals surface area contributed by atoms with Crippen LogP contribution < -0.4 is 33.2 Å². The molecule has 0 bridgehead atoms. The van der Waals surface area contributed by atoms with Gasteiger partial charge in [-0.2, -0.15) is 0 Å². The third-order valence-corrected chi connectivity index (χ3v) is 6.04. The number of carbonyl (C=O) groups excluding carboxylic acids is 2. The van der Waals surface area contributed by atoms with E-state index in [1.807, 2.05) is 0 Å². The van der Waals surface area contributed by atoms with Crippen LogP contribution in [-0.4, -0.2) is 70.8 Å². The zero-order valence-corrected chi connectivity index (χ0v) is 29.4. The van der Waals surface area contributed by atoms with Gasteiger partial charge < -0.3 is 47.7 Å². The number of phenols is 1. The van der Waals surface area contributed by atoms with Crippen LogP contribution in [-0.2, 0) is 9.47 Å². The number of halogens is 15. The summed E-state index contributed by atoms with van der Waals surface area (Å²) in [5, 5.41) is 9.18.